The van der Waals surface area contributed by atoms with Gasteiger partial charge >= 0.3 is 0 Å². The summed E-state index contributed by atoms with van der Waals surface area (Å²) in [5, 5.41) is 4.10. The number of allylic oxidation sites excluding steroid dienone is 2. The van der Waals surface area contributed by atoms with Crippen LogP contribution in [0.25, 0.3) is 5.70 Å². The summed E-state index contributed by atoms with van der Waals surface area (Å²) in [5.74, 6) is 0.831. The fourth-order valence-electron chi connectivity index (χ4n) is 1.52. The van der Waals surface area contributed by atoms with Crippen LogP contribution in [0.2, 0.25) is 0 Å². The van der Waals surface area contributed by atoms with Gasteiger partial charge in [-0.3, -0.25) is 0 Å². The molecule has 0 aromatic carbocycles. The predicted octanol–water partition coefficient (Wildman–Crippen LogP) is 1.94. The maximum absolute atomic E-state index is 4.10. The highest BCUT2D eigenvalue weighted by atomic mass is 15.3. The molecule has 2 rings (SSSR count). The molecule has 1 heterocycles. The van der Waals surface area contributed by atoms with E-state index in [1.807, 2.05) is 4.68 Å². The van der Waals surface area contributed by atoms with Crippen LogP contribution in [-0.2, 0) is 0 Å². The van der Waals surface area contributed by atoms with Gasteiger partial charge in [0.05, 0.1) is 0 Å². The van der Waals surface area contributed by atoms with Gasteiger partial charge in [-0.1, -0.05) is 13.0 Å². The molecule has 0 aliphatic heterocycles. The lowest BCUT2D eigenvalue weighted by atomic mass is 9.94. The molecule has 1 atom stereocenters. The summed E-state index contributed by atoms with van der Waals surface area (Å²) in [7, 11) is 0. The quantitative estimate of drug-likeness (QED) is 0.633. The molecule has 0 fully saturated rings. The van der Waals surface area contributed by atoms with Gasteiger partial charge in [0.2, 0.25) is 0 Å². The Morgan fingerprint density at radius 2 is 2.50 bits per heavy atom. The van der Waals surface area contributed by atoms with Crippen molar-refractivity contribution in [3.8, 4) is 0 Å². The normalized spacial score (nSPS) is 23.8. The van der Waals surface area contributed by atoms with Gasteiger partial charge in [0, 0.05) is 5.70 Å². The van der Waals surface area contributed by atoms with Crippen LogP contribution in [0.1, 0.15) is 26.2 Å². The zero-order chi connectivity index (χ0) is 8.39. The van der Waals surface area contributed by atoms with E-state index >= 15 is 0 Å². The highest BCUT2D eigenvalue weighted by Gasteiger charge is 2.11. The van der Waals surface area contributed by atoms with Crippen LogP contribution in [0, 0.1) is 5.92 Å². The number of hydrogen-bond acceptors (Lipinski definition) is 2. The Hall–Kier alpha value is -1.12. The lowest BCUT2D eigenvalue weighted by Gasteiger charge is -2.17. The minimum atomic E-state index is 0.831. The van der Waals surface area contributed by atoms with Crippen molar-refractivity contribution in [2.24, 2.45) is 5.92 Å². The van der Waals surface area contributed by atoms with Gasteiger partial charge in [0.1, 0.15) is 12.7 Å². The summed E-state index contributed by atoms with van der Waals surface area (Å²) in [6.45, 7) is 2.29. The zero-order valence-corrected chi connectivity index (χ0v) is 7.27. The Labute approximate surface area is 72.1 Å². The van der Waals surface area contributed by atoms with Gasteiger partial charge in [-0.15, -0.1) is 0 Å². The van der Waals surface area contributed by atoms with E-state index in [-0.39, 0.29) is 0 Å². The van der Waals surface area contributed by atoms with E-state index in [4.69, 9.17) is 0 Å². The van der Waals surface area contributed by atoms with Crippen molar-refractivity contribution in [1.82, 2.24) is 14.8 Å². The predicted molar refractivity (Wildman–Crippen MR) is 47.3 cm³/mol. The van der Waals surface area contributed by atoms with Gasteiger partial charge in [-0.25, -0.2) is 9.67 Å². The third-order valence-corrected chi connectivity index (χ3v) is 2.36. The second-order valence-corrected chi connectivity index (χ2v) is 3.42. The SMILES string of the molecule is CC1CC=C(n2cncn2)CC1. The van der Waals surface area contributed by atoms with Gasteiger partial charge in [-0.05, 0) is 25.2 Å². The van der Waals surface area contributed by atoms with Crippen molar-refractivity contribution in [2.45, 2.75) is 26.2 Å². The van der Waals surface area contributed by atoms with Crippen LogP contribution < -0.4 is 0 Å². The smallest absolute Gasteiger partial charge is 0.138 e. The Morgan fingerprint density at radius 3 is 3.08 bits per heavy atom. The molecule has 0 amide bonds. The third-order valence-electron chi connectivity index (χ3n) is 2.36. The summed E-state index contributed by atoms with van der Waals surface area (Å²) in [6, 6.07) is 0. The molecular weight excluding hydrogens is 150 g/mol. The number of hydrogen-bond donors (Lipinski definition) is 0. The molecule has 1 aliphatic carbocycles. The summed E-state index contributed by atoms with van der Waals surface area (Å²) in [5.41, 5.74) is 1.30. The summed E-state index contributed by atoms with van der Waals surface area (Å²) in [4.78, 5) is 3.93. The lowest BCUT2D eigenvalue weighted by Crippen LogP contribution is -2.06. The maximum atomic E-state index is 4.10. The molecular formula is C9H13N3. The molecule has 1 unspecified atom stereocenters. The molecule has 1 aliphatic rings. The maximum Gasteiger partial charge on any atom is 0.138 e. The van der Waals surface area contributed by atoms with Crippen LogP contribution >= 0.6 is 0 Å². The Morgan fingerprint density at radius 1 is 1.58 bits per heavy atom. The molecule has 3 nitrogen and oxygen atoms in total. The zero-order valence-electron chi connectivity index (χ0n) is 7.27. The Kier molecular flexibility index (Phi) is 1.94. The third kappa shape index (κ3) is 1.40. The van der Waals surface area contributed by atoms with E-state index in [1.165, 1.54) is 18.5 Å². The molecule has 3 heteroatoms. The van der Waals surface area contributed by atoms with Crippen molar-refractivity contribution in [3.05, 3.63) is 18.7 Å². The Balaban J connectivity index is 2.16. The minimum absolute atomic E-state index is 0.831. The molecule has 1 aromatic rings. The van der Waals surface area contributed by atoms with Gasteiger partial charge in [0.15, 0.2) is 0 Å². The first-order chi connectivity index (χ1) is 5.86. The van der Waals surface area contributed by atoms with Gasteiger partial charge in [-0.2, -0.15) is 5.10 Å². The Bertz CT molecular complexity index is 274. The van der Waals surface area contributed by atoms with E-state index in [1.54, 1.807) is 12.7 Å². The summed E-state index contributed by atoms with van der Waals surface area (Å²) < 4.78 is 1.87. The van der Waals surface area contributed by atoms with E-state index in [2.05, 4.69) is 23.1 Å². The summed E-state index contributed by atoms with van der Waals surface area (Å²) in [6.07, 6.45) is 9.19. The first-order valence-electron chi connectivity index (χ1n) is 4.40. The standard InChI is InChI=1S/C9H13N3/c1-8-2-4-9(5-3-8)12-7-10-6-11-12/h4,6-8H,2-3,5H2,1H3. The van der Waals surface area contributed by atoms with E-state index in [0.29, 0.717) is 0 Å². The van der Waals surface area contributed by atoms with Crippen molar-refractivity contribution < 1.29 is 0 Å². The van der Waals surface area contributed by atoms with Crippen molar-refractivity contribution in [3.63, 3.8) is 0 Å². The average Bonchev–Trinajstić information content (AvgIpc) is 2.58. The minimum Gasteiger partial charge on any atom is -0.226 e. The van der Waals surface area contributed by atoms with Crippen LogP contribution in [-0.4, -0.2) is 14.8 Å². The van der Waals surface area contributed by atoms with Gasteiger partial charge in [0.25, 0.3) is 0 Å². The molecule has 0 bridgehead atoms. The van der Waals surface area contributed by atoms with Crippen LogP contribution in [0.5, 0.6) is 0 Å². The van der Waals surface area contributed by atoms with Crippen molar-refractivity contribution >= 4 is 5.70 Å². The van der Waals surface area contributed by atoms with E-state index < -0.39 is 0 Å². The monoisotopic (exact) mass is 163 g/mol. The molecule has 64 valence electrons. The second kappa shape index (κ2) is 3.09. The molecule has 0 spiro atoms. The van der Waals surface area contributed by atoms with Gasteiger partial charge < -0.3 is 0 Å². The fourth-order valence-corrected chi connectivity index (χ4v) is 1.52. The highest BCUT2D eigenvalue weighted by Crippen LogP contribution is 2.24. The van der Waals surface area contributed by atoms with Crippen molar-refractivity contribution in [1.29, 1.82) is 0 Å². The highest BCUT2D eigenvalue weighted by molar-refractivity contribution is 5.44. The number of aromatic nitrogens is 3. The second-order valence-electron chi connectivity index (χ2n) is 3.42. The van der Waals surface area contributed by atoms with Crippen LogP contribution in [0.3, 0.4) is 0 Å². The average molecular weight is 163 g/mol. The molecule has 1 aromatic heterocycles. The first kappa shape index (κ1) is 7.53. The largest absolute Gasteiger partial charge is 0.226 e. The molecule has 12 heavy (non-hydrogen) atoms. The van der Waals surface area contributed by atoms with Crippen molar-refractivity contribution in [2.75, 3.05) is 0 Å². The molecule has 0 saturated heterocycles. The molecule has 0 radical (unpaired) electrons. The molecule has 0 saturated carbocycles. The van der Waals surface area contributed by atoms with Crippen LogP contribution in [0.15, 0.2) is 18.7 Å². The van der Waals surface area contributed by atoms with Crippen LogP contribution in [0.4, 0.5) is 0 Å². The van der Waals surface area contributed by atoms with E-state index in [9.17, 15) is 0 Å². The number of rotatable bonds is 1. The topological polar surface area (TPSA) is 30.7 Å². The molecule has 0 N–H and O–H groups in total. The number of nitrogens with zero attached hydrogens (tertiary/aromatic N) is 3. The fraction of sp³-hybridized carbons (Fsp3) is 0.556. The lowest BCUT2D eigenvalue weighted by molar-refractivity contribution is 0.522. The summed E-state index contributed by atoms with van der Waals surface area (Å²) >= 11 is 0. The first-order valence-corrected chi connectivity index (χ1v) is 4.40. The van der Waals surface area contributed by atoms with E-state index in [0.717, 1.165) is 12.3 Å².